The Hall–Kier alpha value is -1.09. The lowest BCUT2D eigenvalue weighted by atomic mass is 9.85. The fourth-order valence-corrected chi connectivity index (χ4v) is 1.40. The summed E-state index contributed by atoms with van der Waals surface area (Å²) in [5, 5.41) is 9.21. The molecule has 0 amide bonds. The molecule has 0 bridgehead atoms. The summed E-state index contributed by atoms with van der Waals surface area (Å²) < 4.78 is 17.7. The van der Waals surface area contributed by atoms with Crippen molar-refractivity contribution >= 4 is 0 Å². The van der Waals surface area contributed by atoms with Crippen molar-refractivity contribution in [2.24, 2.45) is 0 Å². The van der Waals surface area contributed by atoms with E-state index in [2.05, 4.69) is 0 Å². The van der Waals surface area contributed by atoms with E-state index in [1.54, 1.807) is 12.1 Å². The van der Waals surface area contributed by atoms with E-state index in [0.29, 0.717) is 11.3 Å². The van der Waals surface area contributed by atoms with Gasteiger partial charge in [0.25, 0.3) is 0 Å². The van der Waals surface area contributed by atoms with Gasteiger partial charge in [-0.2, -0.15) is 0 Å². The van der Waals surface area contributed by atoms with Gasteiger partial charge >= 0.3 is 0 Å². The van der Waals surface area contributed by atoms with Crippen LogP contribution in [0.25, 0.3) is 0 Å². The van der Waals surface area contributed by atoms with Crippen LogP contribution in [0.3, 0.4) is 0 Å². The molecule has 84 valence electrons. The maximum Gasteiger partial charge on any atom is 0.124 e. The molecular weight excluding hydrogens is 195 g/mol. The number of aliphatic hydroxyl groups is 1. The molecule has 1 rings (SSSR count). The van der Waals surface area contributed by atoms with Gasteiger partial charge in [-0.25, -0.2) is 4.39 Å². The summed E-state index contributed by atoms with van der Waals surface area (Å²) in [6.45, 7) is 3.30. The number of hydrogen-bond donors (Lipinski definition) is 1. The second kappa shape index (κ2) is 4.62. The smallest absolute Gasteiger partial charge is 0.124 e. The van der Waals surface area contributed by atoms with E-state index in [-0.39, 0.29) is 12.0 Å². The van der Waals surface area contributed by atoms with Crippen molar-refractivity contribution in [2.75, 3.05) is 13.7 Å². The van der Waals surface area contributed by atoms with Gasteiger partial charge in [0.2, 0.25) is 0 Å². The number of alkyl halides is 1. The van der Waals surface area contributed by atoms with E-state index >= 15 is 0 Å². The zero-order valence-electron chi connectivity index (χ0n) is 9.38. The number of ether oxygens (including phenoxy) is 1. The Balaban J connectivity index is 3.13. The zero-order chi connectivity index (χ0) is 11.5. The normalized spacial score (nSPS) is 11.5. The molecule has 3 heteroatoms. The summed E-state index contributed by atoms with van der Waals surface area (Å²) >= 11 is 0. The highest BCUT2D eigenvalue weighted by atomic mass is 19.1. The number of methoxy groups -OCH3 is 1. The highest BCUT2D eigenvalue weighted by Gasteiger charge is 2.20. The third-order valence-electron chi connectivity index (χ3n) is 2.60. The van der Waals surface area contributed by atoms with Crippen molar-refractivity contribution in [3.8, 4) is 5.75 Å². The van der Waals surface area contributed by atoms with E-state index < -0.39 is 6.67 Å². The molecule has 0 aliphatic rings. The van der Waals surface area contributed by atoms with Crippen molar-refractivity contribution in [3.63, 3.8) is 0 Å². The molecule has 1 N–H and O–H groups in total. The van der Waals surface area contributed by atoms with Crippen LogP contribution in [-0.2, 0) is 12.1 Å². The minimum Gasteiger partial charge on any atom is -0.496 e. The summed E-state index contributed by atoms with van der Waals surface area (Å²) in [6.07, 6.45) is 0. The predicted molar refractivity (Wildman–Crippen MR) is 57.9 cm³/mol. The van der Waals surface area contributed by atoms with Crippen LogP contribution in [-0.4, -0.2) is 18.8 Å². The van der Waals surface area contributed by atoms with Gasteiger partial charge in [-0.3, -0.25) is 0 Å². The summed E-state index contributed by atoms with van der Waals surface area (Å²) in [4.78, 5) is 0. The van der Waals surface area contributed by atoms with Crippen LogP contribution in [0, 0.1) is 0 Å². The fourth-order valence-electron chi connectivity index (χ4n) is 1.40. The molecular formula is C12H17FO2. The van der Waals surface area contributed by atoms with E-state index in [9.17, 15) is 9.50 Å². The minimum absolute atomic E-state index is 0.0328. The summed E-state index contributed by atoms with van der Waals surface area (Å²) in [5.41, 5.74) is 1.09. The fraction of sp³-hybridized carbons (Fsp3) is 0.500. The topological polar surface area (TPSA) is 29.5 Å². The van der Waals surface area contributed by atoms with Gasteiger partial charge in [-0.1, -0.05) is 19.9 Å². The molecule has 0 saturated heterocycles. The molecule has 15 heavy (non-hydrogen) atoms. The maximum absolute atomic E-state index is 12.7. The molecule has 0 radical (unpaired) electrons. The summed E-state index contributed by atoms with van der Waals surface area (Å²) in [6, 6.07) is 5.34. The highest BCUT2D eigenvalue weighted by molar-refractivity contribution is 5.39. The third-order valence-corrected chi connectivity index (χ3v) is 2.60. The summed E-state index contributed by atoms with van der Waals surface area (Å²) in [5.74, 6) is 0.551. The third kappa shape index (κ3) is 2.48. The van der Waals surface area contributed by atoms with Gasteiger partial charge in [0, 0.05) is 11.0 Å². The van der Waals surface area contributed by atoms with Crippen LogP contribution in [0.15, 0.2) is 18.2 Å². The first-order valence-corrected chi connectivity index (χ1v) is 4.89. The quantitative estimate of drug-likeness (QED) is 0.830. The standard InChI is InChI=1S/C12H17FO2/c1-12(2,8-14)10-4-5-11(15-3)9(6-10)7-13/h4-6,14H,7-8H2,1-3H3. The second-order valence-corrected chi connectivity index (χ2v) is 4.20. The van der Waals surface area contributed by atoms with Crippen LogP contribution in [0.1, 0.15) is 25.0 Å². The van der Waals surface area contributed by atoms with Crippen LogP contribution >= 0.6 is 0 Å². The highest BCUT2D eigenvalue weighted by Crippen LogP contribution is 2.28. The SMILES string of the molecule is COc1ccc(C(C)(C)CO)cc1CF. The Morgan fingerprint density at radius 3 is 2.53 bits per heavy atom. The molecule has 1 aromatic rings. The minimum atomic E-state index is -0.557. The molecule has 0 aromatic heterocycles. The molecule has 0 aliphatic carbocycles. The Morgan fingerprint density at radius 1 is 1.40 bits per heavy atom. The molecule has 0 unspecified atom stereocenters. The number of halogens is 1. The lowest BCUT2D eigenvalue weighted by molar-refractivity contribution is 0.218. The maximum atomic E-state index is 12.7. The van der Waals surface area contributed by atoms with Crippen LogP contribution < -0.4 is 4.74 Å². The van der Waals surface area contributed by atoms with E-state index in [4.69, 9.17) is 4.74 Å². The van der Waals surface area contributed by atoms with Crippen molar-refractivity contribution in [2.45, 2.75) is 25.9 Å². The van der Waals surface area contributed by atoms with Crippen molar-refractivity contribution in [3.05, 3.63) is 29.3 Å². The Bertz CT molecular complexity index is 334. The number of aliphatic hydroxyl groups excluding tert-OH is 1. The molecule has 0 aliphatic heterocycles. The molecule has 1 aromatic carbocycles. The zero-order valence-corrected chi connectivity index (χ0v) is 9.38. The molecule has 0 spiro atoms. The largest absolute Gasteiger partial charge is 0.496 e. The predicted octanol–water partition coefficient (Wildman–Crippen LogP) is 2.43. The molecule has 0 heterocycles. The van der Waals surface area contributed by atoms with Crippen LogP contribution in [0.5, 0.6) is 5.75 Å². The first kappa shape index (κ1) is 12.0. The number of benzene rings is 1. The molecule has 0 atom stereocenters. The van der Waals surface area contributed by atoms with Crippen LogP contribution in [0.4, 0.5) is 4.39 Å². The lowest BCUT2D eigenvalue weighted by Crippen LogP contribution is -2.22. The van der Waals surface area contributed by atoms with Crippen LogP contribution in [0.2, 0.25) is 0 Å². The average molecular weight is 212 g/mol. The molecule has 0 fully saturated rings. The molecule has 2 nitrogen and oxygen atoms in total. The first-order chi connectivity index (χ1) is 7.05. The van der Waals surface area contributed by atoms with E-state index in [1.165, 1.54) is 7.11 Å². The average Bonchev–Trinajstić information content (AvgIpc) is 2.28. The van der Waals surface area contributed by atoms with Gasteiger partial charge in [-0.05, 0) is 17.7 Å². The summed E-state index contributed by atoms with van der Waals surface area (Å²) in [7, 11) is 1.52. The van der Waals surface area contributed by atoms with Crippen molar-refractivity contribution in [1.82, 2.24) is 0 Å². The number of rotatable bonds is 4. The Kier molecular flexibility index (Phi) is 3.69. The van der Waals surface area contributed by atoms with E-state index in [1.807, 2.05) is 19.9 Å². The van der Waals surface area contributed by atoms with Gasteiger partial charge in [-0.15, -0.1) is 0 Å². The molecule has 0 saturated carbocycles. The lowest BCUT2D eigenvalue weighted by Gasteiger charge is -2.23. The van der Waals surface area contributed by atoms with Gasteiger partial charge in [0.15, 0.2) is 0 Å². The van der Waals surface area contributed by atoms with Crippen molar-refractivity contribution in [1.29, 1.82) is 0 Å². The van der Waals surface area contributed by atoms with Crippen molar-refractivity contribution < 1.29 is 14.2 Å². The van der Waals surface area contributed by atoms with Gasteiger partial charge in [0.05, 0.1) is 13.7 Å². The van der Waals surface area contributed by atoms with Gasteiger partial charge in [0.1, 0.15) is 12.4 Å². The Morgan fingerprint density at radius 2 is 2.07 bits per heavy atom. The Labute approximate surface area is 89.7 Å². The first-order valence-electron chi connectivity index (χ1n) is 4.89. The number of hydrogen-bond acceptors (Lipinski definition) is 2. The van der Waals surface area contributed by atoms with E-state index in [0.717, 1.165) is 5.56 Å². The monoisotopic (exact) mass is 212 g/mol. The van der Waals surface area contributed by atoms with Gasteiger partial charge < -0.3 is 9.84 Å². The second-order valence-electron chi connectivity index (χ2n) is 4.20.